The molecule has 2 N–H and O–H groups in total. The van der Waals surface area contributed by atoms with Crippen LogP contribution in [-0.2, 0) is 9.53 Å². The van der Waals surface area contributed by atoms with Crippen molar-refractivity contribution < 1.29 is 9.53 Å². The molecule has 3 unspecified atom stereocenters. The molecule has 0 radical (unpaired) electrons. The molecule has 1 spiro atoms. The van der Waals surface area contributed by atoms with E-state index >= 15 is 0 Å². The van der Waals surface area contributed by atoms with Gasteiger partial charge in [0.15, 0.2) is 0 Å². The number of hydrogen-bond donors (Lipinski definition) is 2. The van der Waals surface area contributed by atoms with Gasteiger partial charge in [0, 0.05) is 13.2 Å². The van der Waals surface area contributed by atoms with Gasteiger partial charge in [-0.1, -0.05) is 0 Å². The average Bonchev–Trinajstić information content (AvgIpc) is 2.46. The molecule has 3 rings (SSSR count). The summed E-state index contributed by atoms with van der Waals surface area (Å²) in [5.74, 6) is 1.65. The van der Waals surface area contributed by atoms with E-state index in [9.17, 15) is 4.79 Å². The van der Waals surface area contributed by atoms with Gasteiger partial charge in [-0.25, -0.2) is 0 Å². The van der Waals surface area contributed by atoms with Crippen molar-refractivity contribution in [3.8, 4) is 0 Å². The van der Waals surface area contributed by atoms with Crippen LogP contribution in [0.3, 0.4) is 0 Å². The maximum absolute atomic E-state index is 12.0. The molecule has 0 bridgehead atoms. The van der Waals surface area contributed by atoms with Crippen molar-refractivity contribution >= 4 is 5.91 Å². The number of ether oxygens (including phenoxy) is 1. The predicted molar refractivity (Wildman–Crippen MR) is 78.5 cm³/mol. The van der Waals surface area contributed by atoms with Crippen molar-refractivity contribution in [1.29, 1.82) is 0 Å². The summed E-state index contributed by atoms with van der Waals surface area (Å²) >= 11 is 0. The highest BCUT2D eigenvalue weighted by molar-refractivity contribution is 5.81. The Hall–Kier alpha value is -0.610. The first-order chi connectivity index (χ1) is 9.72. The first-order valence-corrected chi connectivity index (χ1v) is 8.37. The van der Waals surface area contributed by atoms with Crippen LogP contribution in [0.15, 0.2) is 0 Å². The first kappa shape index (κ1) is 14.3. The number of likely N-dealkylation sites (N-methyl/N-ethyl adjacent to an activating group) is 1. The fourth-order valence-corrected chi connectivity index (χ4v) is 4.26. The van der Waals surface area contributed by atoms with E-state index in [0.717, 1.165) is 32.0 Å². The van der Waals surface area contributed by atoms with Crippen molar-refractivity contribution in [3.63, 3.8) is 0 Å². The minimum absolute atomic E-state index is 0.0221. The summed E-state index contributed by atoms with van der Waals surface area (Å²) in [6.45, 7) is 4.62. The Labute approximate surface area is 122 Å². The van der Waals surface area contributed by atoms with Crippen LogP contribution in [0.2, 0.25) is 0 Å². The lowest BCUT2D eigenvalue weighted by molar-refractivity contribution is -0.152. The van der Waals surface area contributed by atoms with Gasteiger partial charge in [-0.05, 0) is 70.3 Å². The summed E-state index contributed by atoms with van der Waals surface area (Å²) in [7, 11) is 0. The fourth-order valence-electron chi connectivity index (χ4n) is 4.26. The Morgan fingerprint density at radius 3 is 2.90 bits per heavy atom. The second-order valence-corrected chi connectivity index (χ2v) is 6.82. The Balaban J connectivity index is 1.57. The van der Waals surface area contributed by atoms with E-state index in [4.69, 9.17) is 4.74 Å². The Morgan fingerprint density at radius 1 is 1.35 bits per heavy atom. The lowest BCUT2D eigenvalue weighted by Gasteiger charge is -2.49. The number of carbonyl (C=O) groups is 1. The highest BCUT2D eigenvalue weighted by Crippen LogP contribution is 2.47. The van der Waals surface area contributed by atoms with Gasteiger partial charge in [-0.2, -0.15) is 0 Å². The molecule has 4 nitrogen and oxygen atoms in total. The number of amides is 1. The lowest BCUT2D eigenvalue weighted by atomic mass is 9.67. The molecule has 2 aliphatic heterocycles. The molecule has 1 saturated carbocycles. The third-order valence-corrected chi connectivity index (χ3v) is 5.57. The number of nitrogens with one attached hydrogen (secondary N) is 2. The van der Waals surface area contributed by atoms with Crippen LogP contribution < -0.4 is 10.6 Å². The second-order valence-electron chi connectivity index (χ2n) is 6.82. The molecular formula is C16H28N2O2. The van der Waals surface area contributed by atoms with Crippen molar-refractivity contribution in [3.05, 3.63) is 0 Å². The van der Waals surface area contributed by atoms with E-state index in [-0.39, 0.29) is 17.6 Å². The van der Waals surface area contributed by atoms with Gasteiger partial charge in [0.05, 0.1) is 11.6 Å². The number of piperidine rings is 1. The summed E-state index contributed by atoms with van der Waals surface area (Å²) in [5.41, 5.74) is 0.231. The van der Waals surface area contributed by atoms with Gasteiger partial charge in [0.1, 0.15) is 0 Å². The molecule has 4 heteroatoms. The highest BCUT2D eigenvalue weighted by atomic mass is 16.5. The molecule has 0 aromatic carbocycles. The summed E-state index contributed by atoms with van der Waals surface area (Å²) in [4.78, 5) is 12.0. The Bertz CT molecular complexity index is 354. The van der Waals surface area contributed by atoms with E-state index in [1.165, 1.54) is 38.5 Å². The maximum Gasteiger partial charge on any atom is 0.237 e. The molecule has 3 aliphatic rings. The monoisotopic (exact) mass is 280 g/mol. The molecule has 1 amide bonds. The van der Waals surface area contributed by atoms with E-state index in [0.29, 0.717) is 5.92 Å². The van der Waals surface area contributed by atoms with Crippen molar-refractivity contribution in [2.45, 2.75) is 63.5 Å². The lowest BCUT2D eigenvalue weighted by Crippen LogP contribution is -2.52. The van der Waals surface area contributed by atoms with Crippen molar-refractivity contribution in [2.75, 3.05) is 19.7 Å². The highest BCUT2D eigenvalue weighted by Gasteiger charge is 2.45. The topological polar surface area (TPSA) is 50.4 Å². The molecule has 1 aliphatic carbocycles. The number of rotatable bonds is 3. The normalized spacial score (nSPS) is 36.4. The van der Waals surface area contributed by atoms with Crippen LogP contribution in [-0.4, -0.2) is 37.2 Å². The van der Waals surface area contributed by atoms with Crippen LogP contribution >= 0.6 is 0 Å². The minimum Gasteiger partial charge on any atom is -0.375 e. The zero-order chi connectivity index (χ0) is 14.0. The molecule has 0 aromatic rings. The minimum atomic E-state index is 0.0221. The Morgan fingerprint density at radius 2 is 2.20 bits per heavy atom. The van der Waals surface area contributed by atoms with Gasteiger partial charge in [-0.3, -0.25) is 4.79 Å². The second kappa shape index (κ2) is 6.02. The maximum atomic E-state index is 12.0. The standard InChI is InChI=1S/C16H28N2O2/c1-2-17-15(19)14-10-12(4-8-18-14)13-5-9-20-16(11-13)6-3-7-16/h12-14,18H,2-11H2,1H3,(H,17,19). The van der Waals surface area contributed by atoms with E-state index in [2.05, 4.69) is 10.6 Å². The molecule has 3 atom stereocenters. The molecule has 20 heavy (non-hydrogen) atoms. The Kier molecular flexibility index (Phi) is 4.32. The van der Waals surface area contributed by atoms with Crippen LogP contribution in [0.25, 0.3) is 0 Å². The summed E-state index contributed by atoms with van der Waals surface area (Å²) in [6, 6.07) is 0.0221. The van der Waals surface area contributed by atoms with Gasteiger partial charge >= 0.3 is 0 Å². The van der Waals surface area contributed by atoms with E-state index < -0.39 is 0 Å². The zero-order valence-corrected chi connectivity index (χ0v) is 12.6. The predicted octanol–water partition coefficient (Wildman–Crippen LogP) is 1.84. The average molecular weight is 280 g/mol. The fraction of sp³-hybridized carbons (Fsp3) is 0.938. The first-order valence-electron chi connectivity index (χ1n) is 8.37. The molecule has 2 saturated heterocycles. The van der Waals surface area contributed by atoms with Crippen molar-refractivity contribution in [1.82, 2.24) is 10.6 Å². The van der Waals surface area contributed by atoms with E-state index in [1.807, 2.05) is 6.92 Å². The number of hydrogen-bond acceptors (Lipinski definition) is 3. The van der Waals surface area contributed by atoms with Crippen LogP contribution in [0.1, 0.15) is 51.9 Å². The van der Waals surface area contributed by atoms with Gasteiger partial charge in [0.25, 0.3) is 0 Å². The zero-order valence-electron chi connectivity index (χ0n) is 12.6. The molecule has 0 aromatic heterocycles. The van der Waals surface area contributed by atoms with E-state index in [1.54, 1.807) is 0 Å². The van der Waals surface area contributed by atoms with Crippen LogP contribution in [0.4, 0.5) is 0 Å². The van der Waals surface area contributed by atoms with Gasteiger partial charge in [0.2, 0.25) is 5.91 Å². The van der Waals surface area contributed by atoms with Gasteiger partial charge < -0.3 is 15.4 Å². The van der Waals surface area contributed by atoms with Gasteiger partial charge in [-0.15, -0.1) is 0 Å². The van der Waals surface area contributed by atoms with Crippen LogP contribution in [0.5, 0.6) is 0 Å². The van der Waals surface area contributed by atoms with Crippen molar-refractivity contribution in [2.24, 2.45) is 11.8 Å². The smallest absolute Gasteiger partial charge is 0.237 e. The summed E-state index contributed by atoms with van der Waals surface area (Å²) < 4.78 is 6.04. The third kappa shape index (κ3) is 2.86. The third-order valence-electron chi connectivity index (χ3n) is 5.57. The molecule has 2 heterocycles. The van der Waals surface area contributed by atoms with Crippen LogP contribution in [0, 0.1) is 11.8 Å². The summed E-state index contributed by atoms with van der Waals surface area (Å²) in [5, 5.41) is 6.33. The SMILES string of the molecule is CCNC(=O)C1CC(C2CCOC3(CCC3)C2)CCN1. The summed E-state index contributed by atoms with van der Waals surface area (Å²) in [6.07, 6.45) is 8.50. The number of carbonyl (C=O) groups excluding carboxylic acids is 1. The molecular weight excluding hydrogens is 252 g/mol. The molecule has 3 fully saturated rings. The quantitative estimate of drug-likeness (QED) is 0.829. The molecule has 114 valence electrons. The largest absolute Gasteiger partial charge is 0.375 e.